The third-order valence-electron chi connectivity index (χ3n) is 4.94. The Morgan fingerprint density at radius 1 is 1.03 bits per heavy atom. The van der Waals surface area contributed by atoms with Crippen molar-refractivity contribution in [1.29, 1.82) is 0 Å². The number of anilines is 3. The first-order chi connectivity index (χ1) is 14.0. The second kappa shape index (κ2) is 6.56. The summed E-state index contributed by atoms with van der Waals surface area (Å²) in [6.45, 7) is 6.17. The standard InChI is InChI=1S/C22H19N5OS/c1-11-8-12(2)19-16(9-11)27-22(28-19)26-15-6-4-14(5-7-15)17-13(3)29-21-18(17)20(23)24-10-25-21/h4-10H,1-3H3,(H,26,27)(H2,23,24,25). The fraction of sp³-hybridized carbons (Fsp3) is 0.136. The Balaban J connectivity index is 1.49. The minimum Gasteiger partial charge on any atom is -0.423 e. The first-order valence-electron chi connectivity index (χ1n) is 9.24. The Morgan fingerprint density at radius 2 is 1.83 bits per heavy atom. The number of benzene rings is 2. The number of hydrogen-bond acceptors (Lipinski definition) is 7. The van der Waals surface area contributed by atoms with E-state index in [2.05, 4.69) is 52.3 Å². The molecule has 3 heterocycles. The zero-order chi connectivity index (χ0) is 20.1. The van der Waals surface area contributed by atoms with Crippen molar-refractivity contribution in [3.8, 4) is 11.1 Å². The second-order valence-corrected chi connectivity index (χ2v) is 8.33. The van der Waals surface area contributed by atoms with Crippen molar-refractivity contribution >= 4 is 50.2 Å². The molecular weight excluding hydrogens is 382 g/mol. The number of fused-ring (bicyclic) bond motifs is 2. The summed E-state index contributed by atoms with van der Waals surface area (Å²) in [5.41, 5.74) is 13.1. The molecule has 0 atom stereocenters. The van der Waals surface area contributed by atoms with Gasteiger partial charge in [0.05, 0.1) is 5.39 Å². The van der Waals surface area contributed by atoms with Crippen molar-refractivity contribution in [1.82, 2.24) is 15.0 Å². The quantitative estimate of drug-likeness (QED) is 0.400. The van der Waals surface area contributed by atoms with Crippen LogP contribution in [-0.4, -0.2) is 15.0 Å². The van der Waals surface area contributed by atoms with E-state index < -0.39 is 0 Å². The topological polar surface area (TPSA) is 89.9 Å². The summed E-state index contributed by atoms with van der Waals surface area (Å²) in [7, 11) is 0. The largest absolute Gasteiger partial charge is 0.423 e. The average Bonchev–Trinajstić information content (AvgIpc) is 3.23. The summed E-state index contributed by atoms with van der Waals surface area (Å²) in [5.74, 6) is 0.508. The minimum absolute atomic E-state index is 0.483. The third-order valence-corrected chi connectivity index (χ3v) is 5.95. The maximum atomic E-state index is 6.12. The van der Waals surface area contributed by atoms with Gasteiger partial charge in [-0.1, -0.05) is 18.2 Å². The molecule has 0 saturated heterocycles. The summed E-state index contributed by atoms with van der Waals surface area (Å²) in [4.78, 5) is 15.1. The Labute approximate surface area is 171 Å². The van der Waals surface area contributed by atoms with Crippen molar-refractivity contribution in [2.75, 3.05) is 11.1 Å². The van der Waals surface area contributed by atoms with Gasteiger partial charge in [-0.05, 0) is 55.7 Å². The predicted molar refractivity (Wildman–Crippen MR) is 119 cm³/mol. The summed E-state index contributed by atoms with van der Waals surface area (Å²) in [6, 6.07) is 12.7. The van der Waals surface area contributed by atoms with Crippen LogP contribution < -0.4 is 11.1 Å². The molecule has 0 unspecified atom stereocenters. The maximum absolute atomic E-state index is 6.12. The SMILES string of the molecule is Cc1cc(C)c2oc(Nc3ccc(-c4c(C)sc5ncnc(N)c45)cc3)nc2c1. The van der Waals surface area contributed by atoms with E-state index >= 15 is 0 Å². The molecule has 5 rings (SSSR count). The summed E-state index contributed by atoms with van der Waals surface area (Å²) in [6.07, 6.45) is 1.51. The lowest BCUT2D eigenvalue weighted by Gasteiger charge is -2.06. The van der Waals surface area contributed by atoms with Gasteiger partial charge in [0.1, 0.15) is 22.5 Å². The van der Waals surface area contributed by atoms with Crippen LogP contribution in [0.1, 0.15) is 16.0 Å². The van der Waals surface area contributed by atoms with E-state index in [0.717, 1.165) is 48.6 Å². The first-order valence-corrected chi connectivity index (χ1v) is 10.1. The fourth-order valence-corrected chi connectivity index (χ4v) is 4.71. The van der Waals surface area contributed by atoms with E-state index in [4.69, 9.17) is 10.2 Å². The molecule has 0 aliphatic heterocycles. The summed E-state index contributed by atoms with van der Waals surface area (Å²) >= 11 is 1.63. The lowest BCUT2D eigenvalue weighted by atomic mass is 10.0. The van der Waals surface area contributed by atoms with Crippen LogP contribution in [0.2, 0.25) is 0 Å². The molecule has 6 nitrogen and oxygen atoms in total. The maximum Gasteiger partial charge on any atom is 0.300 e. The number of nitrogen functional groups attached to an aromatic ring is 1. The van der Waals surface area contributed by atoms with Gasteiger partial charge in [0, 0.05) is 16.1 Å². The monoisotopic (exact) mass is 401 g/mol. The molecule has 3 N–H and O–H groups in total. The highest BCUT2D eigenvalue weighted by Gasteiger charge is 2.15. The molecule has 29 heavy (non-hydrogen) atoms. The smallest absolute Gasteiger partial charge is 0.300 e. The summed E-state index contributed by atoms with van der Waals surface area (Å²) < 4.78 is 5.90. The molecule has 2 aromatic carbocycles. The minimum atomic E-state index is 0.483. The van der Waals surface area contributed by atoms with E-state index in [9.17, 15) is 0 Å². The van der Waals surface area contributed by atoms with Crippen LogP contribution in [0.3, 0.4) is 0 Å². The number of nitrogens with one attached hydrogen (secondary N) is 1. The van der Waals surface area contributed by atoms with Crippen LogP contribution >= 0.6 is 11.3 Å². The molecule has 0 saturated carbocycles. The molecule has 5 aromatic rings. The van der Waals surface area contributed by atoms with Gasteiger partial charge in [0.15, 0.2) is 5.58 Å². The van der Waals surface area contributed by atoms with E-state index in [1.54, 1.807) is 11.3 Å². The number of aryl methyl sites for hydroxylation is 3. The molecule has 0 aliphatic carbocycles. The highest BCUT2D eigenvalue weighted by atomic mass is 32.1. The van der Waals surface area contributed by atoms with Crippen molar-refractivity contribution in [2.45, 2.75) is 20.8 Å². The number of nitrogens with zero attached hydrogens (tertiary/aromatic N) is 3. The fourth-order valence-electron chi connectivity index (χ4n) is 3.69. The molecule has 0 amide bonds. The summed E-state index contributed by atoms with van der Waals surface area (Å²) in [5, 5.41) is 4.17. The Kier molecular flexibility index (Phi) is 3.99. The molecule has 144 valence electrons. The lowest BCUT2D eigenvalue weighted by Crippen LogP contribution is -1.93. The van der Waals surface area contributed by atoms with Gasteiger partial charge in [0.25, 0.3) is 6.01 Å². The zero-order valence-electron chi connectivity index (χ0n) is 16.3. The second-order valence-electron chi connectivity index (χ2n) is 7.12. The average molecular weight is 401 g/mol. The van der Waals surface area contributed by atoms with Gasteiger partial charge in [-0.2, -0.15) is 4.98 Å². The molecule has 0 fully saturated rings. The number of nitrogens with two attached hydrogens (primary N) is 1. The van der Waals surface area contributed by atoms with E-state index in [0.29, 0.717) is 11.8 Å². The van der Waals surface area contributed by atoms with Crippen molar-refractivity contribution in [3.05, 3.63) is 58.7 Å². The Morgan fingerprint density at radius 3 is 2.62 bits per heavy atom. The molecule has 0 spiro atoms. The highest BCUT2D eigenvalue weighted by Crippen LogP contribution is 2.39. The zero-order valence-corrected chi connectivity index (χ0v) is 17.1. The van der Waals surface area contributed by atoms with E-state index in [1.807, 2.05) is 25.1 Å². The lowest BCUT2D eigenvalue weighted by molar-refractivity contribution is 0.620. The van der Waals surface area contributed by atoms with Gasteiger partial charge in [0.2, 0.25) is 0 Å². The van der Waals surface area contributed by atoms with Crippen LogP contribution in [-0.2, 0) is 0 Å². The number of hydrogen-bond donors (Lipinski definition) is 2. The number of thiophene rings is 1. The van der Waals surface area contributed by atoms with Crippen LogP contribution in [0, 0.1) is 20.8 Å². The first kappa shape index (κ1) is 17.6. The van der Waals surface area contributed by atoms with E-state index in [1.165, 1.54) is 11.9 Å². The third kappa shape index (κ3) is 3.00. The molecule has 7 heteroatoms. The molecule has 3 aromatic heterocycles. The molecule has 0 aliphatic rings. The van der Waals surface area contributed by atoms with Crippen molar-refractivity contribution in [3.63, 3.8) is 0 Å². The van der Waals surface area contributed by atoms with Gasteiger partial charge in [-0.15, -0.1) is 11.3 Å². The number of aromatic nitrogens is 3. The normalized spacial score (nSPS) is 11.4. The molecular formula is C22H19N5OS. The van der Waals surface area contributed by atoms with Gasteiger partial charge in [-0.3, -0.25) is 0 Å². The van der Waals surface area contributed by atoms with Crippen LogP contribution in [0.5, 0.6) is 0 Å². The Bertz CT molecular complexity index is 1370. The van der Waals surface area contributed by atoms with Crippen molar-refractivity contribution in [2.24, 2.45) is 0 Å². The van der Waals surface area contributed by atoms with Crippen LogP contribution in [0.25, 0.3) is 32.4 Å². The van der Waals surface area contributed by atoms with Gasteiger partial charge >= 0.3 is 0 Å². The van der Waals surface area contributed by atoms with Crippen LogP contribution in [0.4, 0.5) is 17.5 Å². The highest BCUT2D eigenvalue weighted by molar-refractivity contribution is 7.19. The van der Waals surface area contributed by atoms with Crippen LogP contribution in [0.15, 0.2) is 47.1 Å². The molecule has 0 radical (unpaired) electrons. The van der Waals surface area contributed by atoms with Gasteiger partial charge in [-0.25, -0.2) is 9.97 Å². The molecule has 0 bridgehead atoms. The Hall–Kier alpha value is -3.45. The predicted octanol–water partition coefficient (Wildman–Crippen LogP) is 5.75. The number of rotatable bonds is 3. The number of oxazole rings is 1. The van der Waals surface area contributed by atoms with Crippen molar-refractivity contribution < 1.29 is 4.42 Å². The van der Waals surface area contributed by atoms with E-state index in [-0.39, 0.29) is 0 Å². The van der Waals surface area contributed by atoms with Gasteiger partial charge < -0.3 is 15.5 Å².